The molecule has 1 aliphatic heterocycles. The Hall–Kier alpha value is -1.95. The summed E-state index contributed by atoms with van der Waals surface area (Å²) in [7, 11) is 0. The molecule has 1 fully saturated rings. The van der Waals surface area contributed by atoms with Gasteiger partial charge < -0.3 is 15.4 Å². The molecular formula is C19H28N4O2. The van der Waals surface area contributed by atoms with E-state index in [0.29, 0.717) is 24.7 Å². The quantitative estimate of drug-likeness (QED) is 0.744. The van der Waals surface area contributed by atoms with Crippen LogP contribution in [0.2, 0.25) is 0 Å². The number of carbonyl (C=O) groups is 1. The van der Waals surface area contributed by atoms with Gasteiger partial charge in [0, 0.05) is 25.4 Å². The summed E-state index contributed by atoms with van der Waals surface area (Å²) < 4.78 is 5.59. The molecule has 2 aliphatic rings. The maximum atomic E-state index is 12.4. The minimum atomic E-state index is -0.137. The molecule has 2 N–H and O–H groups in total. The summed E-state index contributed by atoms with van der Waals surface area (Å²) in [5, 5.41) is 6.17. The molecule has 1 aliphatic carbocycles. The van der Waals surface area contributed by atoms with Crippen LogP contribution in [0.4, 0.5) is 5.95 Å². The Bertz CT molecular complexity index is 624. The van der Waals surface area contributed by atoms with Gasteiger partial charge in [-0.25, -0.2) is 9.97 Å². The van der Waals surface area contributed by atoms with Gasteiger partial charge >= 0.3 is 0 Å². The molecule has 0 aromatic carbocycles. The highest BCUT2D eigenvalue weighted by Crippen LogP contribution is 2.19. The van der Waals surface area contributed by atoms with Gasteiger partial charge in [-0.15, -0.1) is 0 Å². The summed E-state index contributed by atoms with van der Waals surface area (Å²) in [5.41, 5.74) is 2.66. The molecule has 136 valence electrons. The van der Waals surface area contributed by atoms with E-state index in [0.717, 1.165) is 31.6 Å². The highest BCUT2D eigenvalue weighted by atomic mass is 16.5. The Labute approximate surface area is 149 Å². The fourth-order valence-electron chi connectivity index (χ4n) is 3.33. The normalized spacial score (nSPS) is 20.2. The smallest absolute Gasteiger partial charge is 0.270 e. The van der Waals surface area contributed by atoms with Crippen molar-refractivity contribution in [1.82, 2.24) is 15.3 Å². The van der Waals surface area contributed by atoms with E-state index < -0.39 is 0 Å². The second-order valence-electron chi connectivity index (χ2n) is 6.85. The molecule has 6 nitrogen and oxygen atoms in total. The van der Waals surface area contributed by atoms with E-state index in [1.165, 1.54) is 31.3 Å². The lowest BCUT2D eigenvalue weighted by Gasteiger charge is -2.13. The molecule has 2 heterocycles. The van der Waals surface area contributed by atoms with Crippen LogP contribution in [0, 0.1) is 6.92 Å². The van der Waals surface area contributed by atoms with E-state index in [1.807, 2.05) is 6.92 Å². The van der Waals surface area contributed by atoms with Gasteiger partial charge in [0.1, 0.15) is 5.69 Å². The molecule has 25 heavy (non-hydrogen) atoms. The maximum Gasteiger partial charge on any atom is 0.270 e. The SMILES string of the molecule is Cc1cc(C(=O)NCCC2=CCCCC2)nc(NCC2CCCO2)n1. The zero-order valence-corrected chi connectivity index (χ0v) is 15.0. The monoisotopic (exact) mass is 344 g/mol. The van der Waals surface area contributed by atoms with Crippen LogP contribution in [0.15, 0.2) is 17.7 Å². The predicted molar refractivity (Wildman–Crippen MR) is 97.7 cm³/mol. The molecule has 0 radical (unpaired) electrons. The highest BCUT2D eigenvalue weighted by Gasteiger charge is 2.16. The van der Waals surface area contributed by atoms with Crippen LogP contribution in [0.1, 0.15) is 61.1 Å². The van der Waals surface area contributed by atoms with Crippen LogP contribution in [0.3, 0.4) is 0 Å². The Morgan fingerprint density at radius 3 is 3.00 bits per heavy atom. The zero-order valence-electron chi connectivity index (χ0n) is 15.0. The van der Waals surface area contributed by atoms with Crippen molar-refractivity contribution in [3.63, 3.8) is 0 Å². The first-order valence-electron chi connectivity index (χ1n) is 9.38. The van der Waals surface area contributed by atoms with E-state index in [9.17, 15) is 4.79 Å². The molecule has 0 bridgehead atoms. The average molecular weight is 344 g/mol. The first-order valence-corrected chi connectivity index (χ1v) is 9.38. The molecule has 0 spiro atoms. The third kappa shape index (κ3) is 5.53. The van der Waals surface area contributed by atoms with E-state index in [4.69, 9.17) is 4.74 Å². The van der Waals surface area contributed by atoms with E-state index in [2.05, 4.69) is 26.7 Å². The summed E-state index contributed by atoms with van der Waals surface area (Å²) >= 11 is 0. The lowest BCUT2D eigenvalue weighted by Crippen LogP contribution is -2.27. The largest absolute Gasteiger partial charge is 0.376 e. The number of anilines is 1. The maximum absolute atomic E-state index is 12.4. The minimum absolute atomic E-state index is 0.137. The topological polar surface area (TPSA) is 76.1 Å². The van der Waals surface area contributed by atoms with Crippen LogP contribution in [0.25, 0.3) is 0 Å². The number of aromatic nitrogens is 2. The Balaban J connectivity index is 1.51. The highest BCUT2D eigenvalue weighted by molar-refractivity contribution is 5.92. The van der Waals surface area contributed by atoms with Gasteiger partial charge in [0.15, 0.2) is 0 Å². The van der Waals surface area contributed by atoms with Crippen molar-refractivity contribution in [2.75, 3.05) is 25.0 Å². The molecule has 1 aromatic rings. The van der Waals surface area contributed by atoms with Crippen LogP contribution in [-0.4, -0.2) is 41.7 Å². The van der Waals surface area contributed by atoms with Crippen molar-refractivity contribution in [1.29, 1.82) is 0 Å². The predicted octanol–water partition coefficient (Wildman–Crippen LogP) is 3.00. The summed E-state index contributed by atoms with van der Waals surface area (Å²) in [6, 6.07) is 1.73. The number of rotatable bonds is 7. The number of ether oxygens (including phenoxy) is 1. The first-order chi connectivity index (χ1) is 12.2. The van der Waals surface area contributed by atoms with Gasteiger partial charge in [-0.3, -0.25) is 4.79 Å². The fraction of sp³-hybridized carbons (Fsp3) is 0.632. The third-order valence-electron chi connectivity index (χ3n) is 4.72. The number of aryl methyl sites for hydroxylation is 1. The van der Waals surface area contributed by atoms with Gasteiger partial charge in [0.05, 0.1) is 6.10 Å². The number of carbonyl (C=O) groups excluding carboxylic acids is 1. The molecule has 1 saturated heterocycles. The van der Waals surface area contributed by atoms with Crippen molar-refractivity contribution in [3.8, 4) is 0 Å². The number of allylic oxidation sites excluding steroid dienone is 1. The summed E-state index contributed by atoms with van der Waals surface area (Å²) in [6.07, 6.45) is 10.5. The van der Waals surface area contributed by atoms with Gasteiger partial charge in [0.25, 0.3) is 5.91 Å². The van der Waals surface area contributed by atoms with Crippen molar-refractivity contribution in [3.05, 3.63) is 29.1 Å². The summed E-state index contributed by atoms with van der Waals surface area (Å²) in [6.45, 7) is 4.04. The molecule has 6 heteroatoms. The molecule has 1 atom stereocenters. The molecular weight excluding hydrogens is 316 g/mol. The van der Waals surface area contributed by atoms with Crippen molar-refractivity contribution in [2.45, 2.75) is 58.0 Å². The summed E-state index contributed by atoms with van der Waals surface area (Å²) in [4.78, 5) is 21.1. The number of hydrogen-bond donors (Lipinski definition) is 2. The second kappa shape index (κ2) is 8.94. The van der Waals surface area contributed by atoms with Crippen molar-refractivity contribution in [2.24, 2.45) is 0 Å². The fourth-order valence-corrected chi connectivity index (χ4v) is 3.33. The van der Waals surface area contributed by atoms with Crippen LogP contribution < -0.4 is 10.6 Å². The number of nitrogens with one attached hydrogen (secondary N) is 2. The molecule has 1 amide bonds. The van der Waals surface area contributed by atoms with Gasteiger partial charge in [-0.05, 0) is 57.9 Å². The van der Waals surface area contributed by atoms with E-state index in [1.54, 1.807) is 6.07 Å². The molecule has 1 unspecified atom stereocenters. The minimum Gasteiger partial charge on any atom is -0.376 e. The zero-order chi connectivity index (χ0) is 17.5. The van der Waals surface area contributed by atoms with Crippen molar-refractivity contribution < 1.29 is 9.53 Å². The Kier molecular flexibility index (Phi) is 6.39. The molecule has 1 aromatic heterocycles. The molecule has 3 rings (SSSR count). The van der Waals surface area contributed by atoms with Crippen LogP contribution >= 0.6 is 0 Å². The molecule has 0 saturated carbocycles. The lowest BCUT2D eigenvalue weighted by molar-refractivity contribution is 0.0949. The lowest BCUT2D eigenvalue weighted by atomic mass is 9.97. The van der Waals surface area contributed by atoms with Crippen molar-refractivity contribution >= 4 is 11.9 Å². The van der Waals surface area contributed by atoms with Gasteiger partial charge in [-0.2, -0.15) is 0 Å². The standard InChI is InChI=1S/C19H28N4O2/c1-14-12-17(18(24)20-10-9-15-6-3-2-4-7-15)23-19(22-14)21-13-16-8-5-11-25-16/h6,12,16H,2-5,7-11,13H2,1H3,(H,20,24)(H,21,22,23). The average Bonchev–Trinajstić information content (AvgIpc) is 3.14. The Morgan fingerprint density at radius 1 is 1.32 bits per heavy atom. The third-order valence-corrected chi connectivity index (χ3v) is 4.72. The first kappa shape index (κ1) is 17.9. The van der Waals surface area contributed by atoms with Gasteiger partial charge in [0.2, 0.25) is 5.95 Å². The van der Waals surface area contributed by atoms with Crippen LogP contribution in [-0.2, 0) is 4.74 Å². The Morgan fingerprint density at radius 2 is 2.24 bits per heavy atom. The van der Waals surface area contributed by atoms with E-state index >= 15 is 0 Å². The number of nitrogens with zero attached hydrogens (tertiary/aromatic N) is 2. The van der Waals surface area contributed by atoms with E-state index in [-0.39, 0.29) is 12.0 Å². The number of hydrogen-bond acceptors (Lipinski definition) is 5. The second-order valence-corrected chi connectivity index (χ2v) is 6.85. The van der Waals surface area contributed by atoms with Gasteiger partial charge in [-0.1, -0.05) is 11.6 Å². The summed E-state index contributed by atoms with van der Waals surface area (Å²) in [5.74, 6) is 0.359. The van der Waals surface area contributed by atoms with Crippen LogP contribution in [0.5, 0.6) is 0 Å². The number of amides is 1.